The van der Waals surface area contributed by atoms with Gasteiger partial charge in [0.25, 0.3) is 0 Å². The molecule has 0 amide bonds. The smallest absolute Gasteiger partial charge is 0.174 e. The van der Waals surface area contributed by atoms with Crippen molar-refractivity contribution in [3.05, 3.63) is 65.7 Å². The summed E-state index contributed by atoms with van der Waals surface area (Å²) in [5.74, 6) is -0.611. The van der Waals surface area contributed by atoms with E-state index in [1.165, 1.54) is 30.3 Å². The second-order valence-corrected chi connectivity index (χ2v) is 4.05. The van der Waals surface area contributed by atoms with Gasteiger partial charge in [-0.2, -0.15) is 0 Å². The van der Waals surface area contributed by atoms with Gasteiger partial charge in [0.05, 0.1) is 0 Å². The number of ether oxygens (including phenoxy) is 1. The Morgan fingerprint density at radius 1 is 1.00 bits per heavy atom. The highest BCUT2D eigenvalue weighted by Crippen LogP contribution is 2.12. The second kappa shape index (κ2) is 6.09. The summed E-state index contributed by atoms with van der Waals surface area (Å²) in [6.07, 6.45) is -0.0200. The Labute approximate surface area is 109 Å². The van der Waals surface area contributed by atoms with Crippen molar-refractivity contribution >= 4 is 5.78 Å². The first-order valence-electron chi connectivity index (χ1n) is 5.78. The van der Waals surface area contributed by atoms with Gasteiger partial charge in [0, 0.05) is 6.42 Å². The summed E-state index contributed by atoms with van der Waals surface area (Å²) >= 11 is 0. The monoisotopic (exact) mass is 262 g/mol. The first-order chi connectivity index (χ1) is 9.15. The highest BCUT2D eigenvalue weighted by Gasteiger charge is 2.08. The van der Waals surface area contributed by atoms with Crippen LogP contribution in [0, 0.1) is 11.6 Å². The molecule has 0 aromatic heterocycles. The zero-order valence-electron chi connectivity index (χ0n) is 10.1. The lowest BCUT2D eigenvalue weighted by Gasteiger charge is -2.06. The van der Waals surface area contributed by atoms with Gasteiger partial charge in [-0.1, -0.05) is 18.2 Å². The topological polar surface area (TPSA) is 26.3 Å². The Bertz CT molecular complexity index is 565. The minimum atomic E-state index is -0.405. The molecular formula is C15H12F2O2. The maximum Gasteiger partial charge on any atom is 0.174 e. The van der Waals surface area contributed by atoms with Gasteiger partial charge in [0.15, 0.2) is 5.78 Å². The molecule has 0 heterocycles. The summed E-state index contributed by atoms with van der Waals surface area (Å²) in [6, 6.07) is 11.5. The zero-order chi connectivity index (χ0) is 13.7. The van der Waals surface area contributed by atoms with Crippen molar-refractivity contribution in [3.63, 3.8) is 0 Å². The lowest BCUT2D eigenvalue weighted by Crippen LogP contribution is -2.14. The largest absolute Gasteiger partial charge is 0.486 e. The van der Waals surface area contributed by atoms with E-state index in [2.05, 4.69) is 0 Å². The molecule has 0 radical (unpaired) electrons. The molecule has 0 bridgehead atoms. The summed E-state index contributed by atoms with van der Waals surface area (Å²) in [5, 5.41) is 0. The van der Waals surface area contributed by atoms with Crippen LogP contribution in [-0.2, 0) is 11.2 Å². The second-order valence-electron chi connectivity index (χ2n) is 4.05. The number of carbonyl (C=O) groups excluding carboxylic acids is 1. The van der Waals surface area contributed by atoms with Gasteiger partial charge in [-0.25, -0.2) is 8.78 Å². The van der Waals surface area contributed by atoms with Crippen LogP contribution in [0.25, 0.3) is 0 Å². The molecule has 0 spiro atoms. The average Bonchev–Trinajstić information content (AvgIpc) is 2.41. The van der Waals surface area contributed by atoms with Gasteiger partial charge in [0.1, 0.15) is 24.0 Å². The fourth-order valence-corrected chi connectivity index (χ4v) is 1.60. The maximum atomic E-state index is 13.3. The summed E-state index contributed by atoms with van der Waals surface area (Å²) in [7, 11) is 0. The summed E-state index contributed by atoms with van der Waals surface area (Å²) < 4.78 is 31.2. The number of ketones is 1. The number of benzene rings is 2. The van der Waals surface area contributed by atoms with E-state index in [4.69, 9.17) is 4.74 Å². The van der Waals surface area contributed by atoms with E-state index in [0.29, 0.717) is 11.3 Å². The minimum Gasteiger partial charge on any atom is -0.486 e. The molecule has 2 nitrogen and oxygen atoms in total. The van der Waals surface area contributed by atoms with Crippen LogP contribution in [0.1, 0.15) is 5.56 Å². The van der Waals surface area contributed by atoms with Gasteiger partial charge in [-0.05, 0) is 35.9 Å². The Hall–Kier alpha value is -2.23. The number of hydrogen-bond acceptors (Lipinski definition) is 2. The fourth-order valence-electron chi connectivity index (χ4n) is 1.60. The summed E-state index contributed by atoms with van der Waals surface area (Å²) in [5.41, 5.74) is 0.343. The fraction of sp³-hybridized carbons (Fsp3) is 0.133. The van der Waals surface area contributed by atoms with Crippen molar-refractivity contribution in [1.82, 2.24) is 0 Å². The van der Waals surface area contributed by atoms with Gasteiger partial charge in [-0.15, -0.1) is 0 Å². The zero-order valence-corrected chi connectivity index (χ0v) is 10.1. The van der Waals surface area contributed by atoms with Crippen molar-refractivity contribution in [3.8, 4) is 5.75 Å². The van der Waals surface area contributed by atoms with Crippen LogP contribution in [0.2, 0.25) is 0 Å². The van der Waals surface area contributed by atoms with E-state index in [0.717, 1.165) is 0 Å². The molecule has 0 aliphatic rings. The van der Waals surface area contributed by atoms with Crippen molar-refractivity contribution < 1.29 is 18.3 Å². The van der Waals surface area contributed by atoms with Gasteiger partial charge in [0.2, 0.25) is 0 Å². The van der Waals surface area contributed by atoms with Crippen LogP contribution in [0.4, 0.5) is 8.78 Å². The third-order valence-electron chi connectivity index (χ3n) is 2.56. The molecule has 0 aliphatic carbocycles. The molecule has 98 valence electrons. The standard InChI is InChI=1S/C15H12F2O2/c16-12-5-7-14(8-6-12)19-10-13(18)9-11-3-1-2-4-15(11)17/h1-8H,9-10H2. The van der Waals surface area contributed by atoms with E-state index in [1.807, 2.05) is 0 Å². The predicted molar refractivity (Wildman–Crippen MR) is 67.0 cm³/mol. The van der Waals surface area contributed by atoms with E-state index in [1.54, 1.807) is 18.2 Å². The summed E-state index contributed by atoms with van der Waals surface area (Å²) in [4.78, 5) is 11.6. The number of halogens is 2. The Kier molecular flexibility index (Phi) is 4.23. The third-order valence-corrected chi connectivity index (χ3v) is 2.56. The van der Waals surface area contributed by atoms with E-state index >= 15 is 0 Å². The molecule has 0 atom stereocenters. The van der Waals surface area contributed by atoms with E-state index in [9.17, 15) is 13.6 Å². The number of rotatable bonds is 5. The highest BCUT2D eigenvalue weighted by atomic mass is 19.1. The number of Topliss-reactive ketones (excluding diaryl/α,β-unsaturated/α-hetero) is 1. The van der Waals surface area contributed by atoms with Crippen LogP contribution in [0.15, 0.2) is 48.5 Å². The highest BCUT2D eigenvalue weighted by molar-refractivity contribution is 5.82. The molecule has 0 saturated carbocycles. The normalized spacial score (nSPS) is 10.2. The Balaban J connectivity index is 1.88. The van der Waals surface area contributed by atoms with Gasteiger partial charge in [-0.3, -0.25) is 4.79 Å². The third kappa shape index (κ3) is 3.88. The number of hydrogen-bond donors (Lipinski definition) is 0. The first kappa shape index (κ1) is 13.2. The number of carbonyl (C=O) groups is 1. The predicted octanol–water partition coefficient (Wildman–Crippen LogP) is 3.16. The molecule has 19 heavy (non-hydrogen) atoms. The SMILES string of the molecule is O=C(COc1ccc(F)cc1)Cc1ccccc1F. The van der Waals surface area contributed by atoms with Gasteiger partial charge < -0.3 is 4.74 Å². The van der Waals surface area contributed by atoms with Crippen LogP contribution in [-0.4, -0.2) is 12.4 Å². The van der Waals surface area contributed by atoms with Crippen molar-refractivity contribution in [2.45, 2.75) is 6.42 Å². The van der Waals surface area contributed by atoms with E-state index < -0.39 is 5.82 Å². The Morgan fingerprint density at radius 2 is 1.68 bits per heavy atom. The Morgan fingerprint density at radius 3 is 2.37 bits per heavy atom. The maximum absolute atomic E-state index is 13.3. The van der Waals surface area contributed by atoms with Gasteiger partial charge >= 0.3 is 0 Å². The van der Waals surface area contributed by atoms with E-state index in [-0.39, 0.29) is 24.6 Å². The molecule has 2 rings (SSSR count). The lowest BCUT2D eigenvalue weighted by molar-refractivity contribution is -0.120. The first-order valence-corrected chi connectivity index (χ1v) is 5.78. The molecule has 0 fully saturated rings. The summed E-state index contributed by atoms with van der Waals surface area (Å²) in [6.45, 7) is -0.167. The lowest BCUT2D eigenvalue weighted by atomic mass is 10.1. The van der Waals surface area contributed by atoms with Crippen LogP contribution < -0.4 is 4.74 Å². The van der Waals surface area contributed by atoms with Crippen molar-refractivity contribution in [2.75, 3.05) is 6.61 Å². The van der Waals surface area contributed by atoms with Crippen LogP contribution in [0.3, 0.4) is 0 Å². The molecule has 2 aromatic rings. The van der Waals surface area contributed by atoms with Crippen molar-refractivity contribution in [2.24, 2.45) is 0 Å². The molecule has 0 aliphatic heterocycles. The molecule has 0 N–H and O–H groups in total. The van der Waals surface area contributed by atoms with Crippen LogP contribution in [0.5, 0.6) is 5.75 Å². The average molecular weight is 262 g/mol. The molecule has 0 unspecified atom stereocenters. The molecule has 0 saturated heterocycles. The van der Waals surface area contributed by atoms with Crippen LogP contribution >= 0.6 is 0 Å². The minimum absolute atomic E-state index is 0.0200. The van der Waals surface area contributed by atoms with Crippen molar-refractivity contribution in [1.29, 1.82) is 0 Å². The molecule has 2 aromatic carbocycles. The quantitative estimate of drug-likeness (QED) is 0.827. The molecular weight excluding hydrogens is 250 g/mol. The molecule has 4 heteroatoms.